The van der Waals surface area contributed by atoms with Gasteiger partial charge in [-0.05, 0) is 6.92 Å². The van der Waals surface area contributed by atoms with Gasteiger partial charge in [-0.15, -0.1) is 0 Å². The topological polar surface area (TPSA) is 117 Å². The van der Waals surface area contributed by atoms with Crippen LogP contribution in [0.5, 0.6) is 17.2 Å². The van der Waals surface area contributed by atoms with E-state index in [0.717, 1.165) is 12.1 Å². The largest absolute Gasteiger partial charge is 0.507 e. The first-order valence-corrected chi connectivity index (χ1v) is 5.34. The number of esters is 1. The smallest absolute Gasteiger partial charge is 0.345 e. The molecule has 7 heteroatoms. The molecule has 1 aromatic carbocycles. The number of rotatable bonds is 2. The van der Waals surface area contributed by atoms with Crippen molar-refractivity contribution in [1.82, 2.24) is 0 Å². The predicted octanol–water partition coefficient (Wildman–Crippen LogP) is 1.09. The van der Waals surface area contributed by atoms with Gasteiger partial charge in [0.2, 0.25) is 0 Å². The van der Waals surface area contributed by atoms with Gasteiger partial charge < -0.3 is 24.5 Å². The third kappa shape index (κ3) is 2.05. The molecular formula is C12H10O7. The van der Waals surface area contributed by atoms with Gasteiger partial charge in [-0.25, -0.2) is 9.59 Å². The van der Waals surface area contributed by atoms with Gasteiger partial charge in [-0.3, -0.25) is 0 Å². The average molecular weight is 266 g/mol. The van der Waals surface area contributed by atoms with Crippen molar-refractivity contribution in [3.8, 4) is 17.2 Å². The quantitative estimate of drug-likeness (QED) is 0.550. The molecule has 0 fully saturated rings. The normalized spacial score (nSPS) is 10.6. The Kier molecular flexibility index (Phi) is 3.04. The van der Waals surface area contributed by atoms with E-state index >= 15 is 0 Å². The van der Waals surface area contributed by atoms with Crippen LogP contribution < -0.4 is 5.63 Å². The lowest BCUT2D eigenvalue weighted by Gasteiger charge is -2.09. The van der Waals surface area contributed by atoms with Crippen LogP contribution in [0.1, 0.15) is 17.3 Å². The highest BCUT2D eigenvalue weighted by atomic mass is 16.5. The molecule has 1 heterocycles. The molecule has 3 N–H and O–H groups in total. The molecule has 0 radical (unpaired) electrons. The van der Waals surface area contributed by atoms with Crippen molar-refractivity contribution in [2.75, 3.05) is 6.61 Å². The van der Waals surface area contributed by atoms with E-state index in [1.54, 1.807) is 6.92 Å². The van der Waals surface area contributed by atoms with E-state index < -0.39 is 34.4 Å². The van der Waals surface area contributed by atoms with Crippen LogP contribution in [0.25, 0.3) is 11.0 Å². The summed E-state index contributed by atoms with van der Waals surface area (Å²) >= 11 is 0. The monoisotopic (exact) mass is 266 g/mol. The minimum absolute atomic E-state index is 0.0472. The van der Waals surface area contributed by atoms with E-state index in [1.165, 1.54) is 0 Å². The molecule has 0 aliphatic carbocycles. The summed E-state index contributed by atoms with van der Waals surface area (Å²) < 4.78 is 9.38. The fraction of sp³-hybridized carbons (Fsp3) is 0.167. The van der Waals surface area contributed by atoms with Crippen LogP contribution in [0.15, 0.2) is 21.3 Å². The Balaban J connectivity index is 2.82. The van der Waals surface area contributed by atoms with Crippen LogP contribution in [0.2, 0.25) is 0 Å². The molecule has 0 saturated carbocycles. The molecule has 2 rings (SSSR count). The lowest BCUT2D eigenvalue weighted by molar-refractivity contribution is 0.0520. The zero-order chi connectivity index (χ0) is 14.2. The number of aromatic hydroxyl groups is 3. The molecule has 0 saturated heterocycles. The van der Waals surface area contributed by atoms with Crippen LogP contribution >= 0.6 is 0 Å². The van der Waals surface area contributed by atoms with Gasteiger partial charge in [-0.1, -0.05) is 0 Å². The Bertz CT molecular complexity index is 714. The molecule has 0 spiro atoms. The highest BCUT2D eigenvalue weighted by Gasteiger charge is 2.23. The summed E-state index contributed by atoms with van der Waals surface area (Å²) in [4.78, 5) is 22.7. The molecule has 7 nitrogen and oxygen atoms in total. The summed E-state index contributed by atoms with van der Waals surface area (Å²) in [5, 5.41) is 28.9. The van der Waals surface area contributed by atoms with Crippen molar-refractivity contribution in [3.63, 3.8) is 0 Å². The zero-order valence-electron chi connectivity index (χ0n) is 9.84. The molecule has 1 aromatic heterocycles. The fourth-order valence-electron chi connectivity index (χ4n) is 1.69. The maximum atomic E-state index is 11.6. The predicted molar refractivity (Wildman–Crippen MR) is 63.4 cm³/mol. The Morgan fingerprint density at radius 1 is 1.26 bits per heavy atom. The van der Waals surface area contributed by atoms with E-state index in [-0.39, 0.29) is 17.6 Å². The van der Waals surface area contributed by atoms with Gasteiger partial charge in [0.1, 0.15) is 33.8 Å². The minimum Gasteiger partial charge on any atom is -0.507 e. The Labute approximate surface area is 106 Å². The maximum absolute atomic E-state index is 11.6. The lowest BCUT2D eigenvalue weighted by Crippen LogP contribution is -2.06. The maximum Gasteiger partial charge on any atom is 0.345 e. The van der Waals surface area contributed by atoms with E-state index in [9.17, 15) is 24.9 Å². The molecule has 19 heavy (non-hydrogen) atoms. The summed E-state index contributed by atoms with van der Waals surface area (Å²) in [5.41, 5.74) is -1.60. The number of hydrogen-bond acceptors (Lipinski definition) is 7. The Morgan fingerprint density at radius 2 is 1.95 bits per heavy atom. The number of hydrogen-bond donors (Lipinski definition) is 3. The summed E-state index contributed by atoms with van der Waals surface area (Å²) in [6.45, 7) is 1.61. The first-order valence-electron chi connectivity index (χ1n) is 5.34. The number of carbonyl (C=O) groups is 1. The summed E-state index contributed by atoms with van der Waals surface area (Å²) in [6.07, 6.45) is 0. The molecule has 0 amide bonds. The third-order valence-corrected chi connectivity index (χ3v) is 2.44. The number of fused-ring (bicyclic) bond motifs is 1. The van der Waals surface area contributed by atoms with Gasteiger partial charge in [0.15, 0.2) is 0 Å². The van der Waals surface area contributed by atoms with E-state index in [1.807, 2.05) is 0 Å². The molecule has 2 aromatic rings. The van der Waals surface area contributed by atoms with Crippen molar-refractivity contribution < 1.29 is 29.3 Å². The second-order valence-electron chi connectivity index (χ2n) is 3.66. The van der Waals surface area contributed by atoms with Crippen LogP contribution in [0.4, 0.5) is 0 Å². The molecule has 0 aliphatic heterocycles. The standard InChI is InChI=1S/C12H10O7/c1-2-18-12(17)10-5(13)3-7-9(11(10)16)6(14)4-8(15)19-7/h3-4,13-14,16H,2H2,1H3. The summed E-state index contributed by atoms with van der Waals surface area (Å²) in [5.74, 6) is -2.84. The van der Waals surface area contributed by atoms with Crippen molar-refractivity contribution >= 4 is 16.9 Å². The summed E-state index contributed by atoms with van der Waals surface area (Å²) in [7, 11) is 0. The average Bonchev–Trinajstić information content (AvgIpc) is 2.27. The number of benzene rings is 1. The molecule has 0 unspecified atom stereocenters. The van der Waals surface area contributed by atoms with Gasteiger partial charge in [0, 0.05) is 6.07 Å². The minimum atomic E-state index is -0.954. The first kappa shape index (κ1) is 12.7. The third-order valence-electron chi connectivity index (χ3n) is 2.44. The highest BCUT2D eigenvalue weighted by molar-refractivity contribution is 6.04. The molecule has 0 bridgehead atoms. The second kappa shape index (κ2) is 4.52. The van der Waals surface area contributed by atoms with E-state index in [4.69, 9.17) is 4.42 Å². The van der Waals surface area contributed by atoms with Gasteiger partial charge in [0.25, 0.3) is 0 Å². The second-order valence-corrected chi connectivity index (χ2v) is 3.66. The summed E-state index contributed by atoms with van der Waals surface area (Å²) in [6, 6.07) is 1.69. The van der Waals surface area contributed by atoms with E-state index in [0.29, 0.717) is 0 Å². The highest BCUT2D eigenvalue weighted by Crippen LogP contribution is 2.39. The van der Waals surface area contributed by atoms with Gasteiger partial charge in [0.05, 0.1) is 12.7 Å². The molecule has 0 aliphatic rings. The van der Waals surface area contributed by atoms with Crippen LogP contribution in [0.3, 0.4) is 0 Å². The van der Waals surface area contributed by atoms with Crippen LogP contribution in [0, 0.1) is 0 Å². The molecular weight excluding hydrogens is 256 g/mol. The lowest BCUT2D eigenvalue weighted by atomic mass is 10.1. The van der Waals surface area contributed by atoms with Gasteiger partial charge >= 0.3 is 11.6 Å². The van der Waals surface area contributed by atoms with Gasteiger partial charge in [-0.2, -0.15) is 0 Å². The molecule has 0 atom stereocenters. The fourth-order valence-corrected chi connectivity index (χ4v) is 1.69. The van der Waals surface area contributed by atoms with E-state index in [2.05, 4.69) is 4.74 Å². The number of ether oxygens (including phenoxy) is 1. The van der Waals surface area contributed by atoms with Crippen molar-refractivity contribution in [3.05, 3.63) is 28.1 Å². The number of phenols is 2. The Hall–Kier alpha value is -2.70. The van der Waals surface area contributed by atoms with Crippen molar-refractivity contribution in [1.29, 1.82) is 0 Å². The first-order chi connectivity index (χ1) is 8.95. The zero-order valence-corrected chi connectivity index (χ0v) is 9.84. The Morgan fingerprint density at radius 3 is 2.58 bits per heavy atom. The van der Waals surface area contributed by atoms with Crippen molar-refractivity contribution in [2.24, 2.45) is 0 Å². The number of carbonyl (C=O) groups excluding carboxylic acids is 1. The SMILES string of the molecule is CCOC(=O)c1c(O)cc2oc(=O)cc(O)c2c1O. The van der Waals surface area contributed by atoms with Crippen LogP contribution in [-0.4, -0.2) is 27.9 Å². The van der Waals surface area contributed by atoms with Crippen LogP contribution in [-0.2, 0) is 4.74 Å². The number of phenolic OH excluding ortho intramolecular Hbond substituents is 2. The van der Waals surface area contributed by atoms with Crippen molar-refractivity contribution in [2.45, 2.75) is 6.92 Å². The molecule has 100 valence electrons.